The summed E-state index contributed by atoms with van der Waals surface area (Å²) >= 11 is 0.0514. The van der Waals surface area contributed by atoms with Crippen LogP contribution in [0.5, 0.6) is 11.5 Å². The molecule has 1 heterocycles. The molecule has 2 N–H and O–H groups in total. The minimum atomic E-state index is -1.08. The van der Waals surface area contributed by atoms with Crippen molar-refractivity contribution in [2.75, 3.05) is 0 Å². The molecule has 1 saturated carbocycles. The first-order chi connectivity index (χ1) is 18.0. The number of rotatable bonds is 2. The first kappa shape index (κ1) is 30.9. The molecule has 39 heavy (non-hydrogen) atoms. The van der Waals surface area contributed by atoms with Crippen LogP contribution in [0.25, 0.3) is 0 Å². The number of phenols is 2. The Labute approximate surface area is 240 Å². The second kappa shape index (κ2) is 11.9. The topological polar surface area (TPSA) is 86.6 Å². The van der Waals surface area contributed by atoms with Crippen LogP contribution in [0.4, 0.5) is 0 Å². The van der Waals surface area contributed by atoms with Crippen molar-refractivity contribution in [3.63, 3.8) is 0 Å². The third kappa shape index (κ3) is 7.53. The van der Waals surface area contributed by atoms with E-state index >= 15 is 0 Å². The van der Waals surface area contributed by atoms with E-state index in [0.717, 1.165) is 29.2 Å². The van der Waals surface area contributed by atoms with Crippen molar-refractivity contribution in [2.24, 2.45) is 0 Å². The number of nitrogens with zero attached hydrogens (tertiary/aromatic N) is 2. The van der Waals surface area contributed by atoms with Gasteiger partial charge in [-0.15, -0.1) is 0 Å². The molecular weight excluding hydrogens is 528 g/mol. The summed E-state index contributed by atoms with van der Waals surface area (Å²) in [5.74, 6) is -0.278. The minimum absolute atomic E-state index is 0.0514. The Morgan fingerprint density at radius 2 is 1.15 bits per heavy atom. The summed E-state index contributed by atoms with van der Waals surface area (Å²) in [5, 5.41) is 31.2. The van der Waals surface area contributed by atoms with Crippen LogP contribution in [0.3, 0.4) is 0 Å². The maximum atomic E-state index is 11.2. The van der Waals surface area contributed by atoms with E-state index in [4.69, 9.17) is 9.90 Å². The number of fused-ring (bicyclic) bond motifs is 1. The van der Waals surface area contributed by atoms with Crippen LogP contribution in [0, 0.1) is 13.8 Å². The molecule has 4 rings (SSSR count). The van der Waals surface area contributed by atoms with E-state index in [2.05, 4.69) is 99.2 Å². The molecule has 2 atom stereocenters. The van der Waals surface area contributed by atoms with E-state index in [1.54, 1.807) is 0 Å². The van der Waals surface area contributed by atoms with Gasteiger partial charge < -0.3 is 9.90 Å². The molecule has 0 bridgehead atoms. The Morgan fingerprint density at radius 1 is 0.821 bits per heavy atom. The van der Waals surface area contributed by atoms with Gasteiger partial charge in [0, 0.05) is 5.97 Å². The molecule has 0 spiro atoms. The normalized spacial score (nSPS) is 21.5. The van der Waals surface area contributed by atoms with Crippen LogP contribution in [0.1, 0.15) is 108 Å². The summed E-state index contributed by atoms with van der Waals surface area (Å²) < 4.78 is 4.96. The van der Waals surface area contributed by atoms with Gasteiger partial charge in [0.25, 0.3) is 0 Å². The van der Waals surface area contributed by atoms with Gasteiger partial charge in [-0.3, -0.25) is 0 Å². The first-order valence-electron chi connectivity index (χ1n) is 13.8. The first-order valence-corrected chi connectivity index (χ1v) is 14.9. The zero-order chi connectivity index (χ0) is 29.3. The maximum absolute atomic E-state index is 11.2. The molecule has 2 unspecified atom stereocenters. The predicted octanol–water partition coefficient (Wildman–Crippen LogP) is 4.87. The van der Waals surface area contributed by atoms with E-state index < -0.39 is 5.97 Å². The Bertz CT molecular complexity index is 1200. The summed E-state index contributed by atoms with van der Waals surface area (Å²) in [6.07, 6.45) is 9.22. The fourth-order valence-electron chi connectivity index (χ4n) is 5.38. The molecule has 212 valence electrons. The number of phenolic OH excluding ortho intramolecular Hbond substituents is 2. The third-order valence-electron chi connectivity index (χ3n) is 7.25. The van der Waals surface area contributed by atoms with Crippen molar-refractivity contribution < 1.29 is 42.9 Å². The van der Waals surface area contributed by atoms with Crippen molar-refractivity contribution in [3.8, 4) is 11.5 Å². The van der Waals surface area contributed by atoms with Crippen molar-refractivity contribution in [2.45, 2.75) is 111 Å². The van der Waals surface area contributed by atoms with Crippen LogP contribution < -0.4 is 5.11 Å². The summed E-state index contributed by atoms with van der Waals surface area (Å²) in [5.41, 5.74) is 5.94. The van der Waals surface area contributed by atoms with E-state index in [1.165, 1.54) is 36.8 Å². The van der Waals surface area contributed by atoms with Gasteiger partial charge in [0.05, 0.1) is 0 Å². The number of hydrogen-bond donors (Lipinski definition) is 2. The van der Waals surface area contributed by atoms with Gasteiger partial charge in [0.2, 0.25) is 0 Å². The Kier molecular flexibility index (Phi) is 9.40. The van der Waals surface area contributed by atoms with E-state index in [1.807, 2.05) is 0 Å². The number of benzene rings is 2. The van der Waals surface area contributed by atoms with Gasteiger partial charge in [-0.05, 0) is 6.92 Å². The van der Waals surface area contributed by atoms with E-state index in [9.17, 15) is 10.2 Å². The van der Waals surface area contributed by atoms with Gasteiger partial charge >= 0.3 is 219 Å². The molecule has 2 aliphatic rings. The number of carbonyl (C=O) groups excluding carboxylic acids is 1. The quantitative estimate of drug-likeness (QED) is 0.537. The fourth-order valence-corrected chi connectivity index (χ4v) is 7.37. The second-order valence-corrected chi connectivity index (χ2v) is 14.5. The van der Waals surface area contributed by atoms with Crippen LogP contribution in [0.15, 0.2) is 24.3 Å². The number of aliphatic carboxylic acids is 1. The van der Waals surface area contributed by atoms with Crippen LogP contribution in [-0.4, -0.2) is 47.8 Å². The number of aromatic hydroxyl groups is 2. The van der Waals surface area contributed by atoms with Gasteiger partial charge in [0.1, 0.15) is 0 Å². The van der Waals surface area contributed by atoms with Gasteiger partial charge in [-0.25, -0.2) is 0 Å². The predicted molar refractivity (Wildman–Crippen MR) is 151 cm³/mol. The number of carboxylic acids is 1. The van der Waals surface area contributed by atoms with E-state index in [0.29, 0.717) is 23.6 Å². The molecule has 1 aliphatic carbocycles. The number of carboxylic acid groups (broad SMARTS) is 1. The van der Waals surface area contributed by atoms with Crippen LogP contribution >= 0.6 is 0 Å². The Hall–Kier alpha value is -2.62. The molecule has 6 nitrogen and oxygen atoms in total. The zero-order valence-electron chi connectivity index (χ0n) is 25.0. The molecule has 1 aliphatic heterocycles. The molecular formula is C32H45CrN2O4+. The molecule has 2 fully saturated rings. The number of carbonyl (C=O) groups is 1. The average Bonchev–Trinajstić information content (AvgIpc) is 3.13. The van der Waals surface area contributed by atoms with Gasteiger partial charge in [0.15, 0.2) is 0 Å². The molecule has 0 amide bonds. The third-order valence-corrected chi connectivity index (χ3v) is 9.02. The van der Waals surface area contributed by atoms with E-state index in [-0.39, 0.29) is 26.5 Å². The summed E-state index contributed by atoms with van der Waals surface area (Å²) in [6.45, 7) is 18.1. The van der Waals surface area contributed by atoms with Crippen molar-refractivity contribution in [1.82, 2.24) is 0 Å². The Morgan fingerprint density at radius 3 is 1.46 bits per heavy atom. The Balaban J connectivity index is 0.000000983. The number of aryl methyl sites for hydroxylation is 2. The zero-order valence-corrected chi connectivity index (χ0v) is 26.2. The molecule has 7 heteroatoms. The summed E-state index contributed by atoms with van der Waals surface area (Å²) in [4.78, 5) is 8.89. The average molecular weight is 574 g/mol. The molecule has 2 aromatic carbocycles. The van der Waals surface area contributed by atoms with Crippen molar-refractivity contribution in [3.05, 3.63) is 57.6 Å². The molecule has 0 aromatic heterocycles. The summed E-state index contributed by atoms with van der Waals surface area (Å²) in [7, 11) is 0. The summed E-state index contributed by atoms with van der Waals surface area (Å²) in [6, 6.07) is 9.30. The van der Waals surface area contributed by atoms with Crippen LogP contribution in [-0.2, 0) is 31.3 Å². The monoisotopic (exact) mass is 573 g/mol. The van der Waals surface area contributed by atoms with Crippen molar-refractivity contribution >= 4 is 18.4 Å². The van der Waals surface area contributed by atoms with Gasteiger partial charge in [-0.1, -0.05) is 0 Å². The number of hydrogen-bond acceptors (Lipinski definition) is 4. The molecule has 0 radical (unpaired) electrons. The fraction of sp³-hybridized carbons (Fsp3) is 0.531. The van der Waals surface area contributed by atoms with Crippen molar-refractivity contribution in [1.29, 1.82) is 0 Å². The molecule has 2 aromatic rings. The van der Waals surface area contributed by atoms with Crippen LogP contribution in [0.2, 0.25) is 0 Å². The SMILES string of the molecule is CC(=O)[O-].Cc1cc(C=[N+]2[Cr][N+](=Cc3cc(C)cc(C(C)(C)C)c3O)C3CCCCC32)c(O)c(C(C)(C)C)c1. The standard InChI is InChI=1S/C30H42N2O2.C2H4O2.Cr/c1-19-13-21(27(33)23(15-19)29(3,4)5)17-31-25-11-9-10-12-26(25)32-18-22-14-20(2)16-24(28(22)34)30(6,7)8;1-2(3)4;/h13-18,25-26,33-34H,9-12H2,1-8H3;1H3,(H,3,4);/q;;+2/p-1. The molecule has 1 saturated heterocycles. The van der Waals surface area contributed by atoms with Gasteiger partial charge in [-0.2, -0.15) is 0 Å². The second-order valence-electron chi connectivity index (χ2n) is 13.0.